The summed E-state index contributed by atoms with van der Waals surface area (Å²) in [5.74, 6) is 0.533. The molecule has 1 saturated heterocycles. The van der Waals surface area contributed by atoms with Gasteiger partial charge in [-0.25, -0.2) is 15.0 Å². The molecule has 3 heterocycles. The van der Waals surface area contributed by atoms with Crippen LogP contribution in [0.3, 0.4) is 0 Å². The number of imidazole rings is 1. The highest BCUT2D eigenvalue weighted by Crippen LogP contribution is 2.41. The van der Waals surface area contributed by atoms with E-state index in [0.29, 0.717) is 23.4 Å². The highest BCUT2D eigenvalue weighted by atomic mass is 16.6. The second-order valence-electron chi connectivity index (χ2n) is 9.47. The van der Waals surface area contributed by atoms with E-state index in [4.69, 9.17) is 4.74 Å². The quantitative estimate of drug-likeness (QED) is 0.283. The first-order valence-electron chi connectivity index (χ1n) is 12.8. The monoisotopic (exact) mass is 507 g/mol. The Kier molecular flexibility index (Phi) is 6.37. The summed E-state index contributed by atoms with van der Waals surface area (Å²) in [6.07, 6.45) is 0.294. The summed E-state index contributed by atoms with van der Waals surface area (Å²) in [7, 11) is 0. The normalized spacial score (nSPS) is 21.6. The number of fused-ring (bicyclic) bond motifs is 1. The standard InChI is InChI=1S/C30H29N5O3/c1-2-23-25(36)26(37)29(38-23)35-19-33-24-27(31-18-32-28(24)35)34-30(20-12-6-3-7-13-20,21-14-8-4-9-15-21)22-16-10-5-11-17-22/h3-19,23,25-26,29,36-37H,2H2,1H3,(H,31,32,34)/t23-,25?,26+,29-/m1/s1. The Balaban J connectivity index is 1.52. The van der Waals surface area contributed by atoms with Crippen molar-refractivity contribution in [2.24, 2.45) is 0 Å². The van der Waals surface area contributed by atoms with E-state index in [1.807, 2.05) is 61.5 Å². The highest BCUT2D eigenvalue weighted by Gasteiger charge is 2.44. The number of hydrogen-bond acceptors (Lipinski definition) is 7. The average Bonchev–Trinajstić information content (AvgIpc) is 3.54. The van der Waals surface area contributed by atoms with Gasteiger partial charge in [0.25, 0.3) is 0 Å². The fourth-order valence-electron chi connectivity index (χ4n) is 5.38. The summed E-state index contributed by atoms with van der Waals surface area (Å²) < 4.78 is 7.65. The number of ether oxygens (including phenoxy) is 1. The number of aromatic nitrogens is 4. The highest BCUT2D eigenvalue weighted by molar-refractivity contribution is 5.84. The van der Waals surface area contributed by atoms with Crippen LogP contribution in [0.2, 0.25) is 0 Å². The lowest BCUT2D eigenvalue weighted by atomic mass is 9.77. The smallest absolute Gasteiger partial charge is 0.167 e. The second kappa shape index (κ2) is 9.98. The molecule has 8 nitrogen and oxygen atoms in total. The minimum atomic E-state index is -1.10. The van der Waals surface area contributed by atoms with Crippen LogP contribution in [-0.4, -0.2) is 48.0 Å². The van der Waals surface area contributed by atoms with Crippen LogP contribution in [-0.2, 0) is 10.3 Å². The molecule has 5 aromatic rings. The van der Waals surface area contributed by atoms with E-state index in [2.05, 4.69) is 56.7 Å². The molecule has 0 bridgehead atoms. The first-order chi connectivity index (χ1) is 18.6. The zero-order valence-electron chi connectivity index (χ0n) is 20.9. The molecule has 3 aromatic carbocycles. The zero-order valence-corrected chi connectivity index (χ0v) is 20.9. The van der Waals surface area contributed by atoms with Gasteiger partial charge in [0.05, 0.1) is 12.4 Å². The van der Waals surface area contributed by atoms with E-state index in [9.17, 15) is 10.2 Å². The molecule has 4 atom stereocenters. The van der Waals surface area contributed by atoms with Gasteiger partial charge in [0.2, 0.25) is 0 Å². The van der Waals surface area contributed by atoms with Crippen molar-refractivity contribution in [2.45, 2.75) is 43.4 Å². The Morgan fingerprint density at radius 2 is 1.34 bits per heavy atom. The Morgan fingerprint density at radius 3 is 1.84 bits per heavy atom. The minimum absolute atomic E-state index is 0.464. The van der Waals surface area contributed by atoms with Gasteiger partial charge in [-0.2, -0.15) is 0 Å². The lowest BCUT2D eigenvalue weighted by Gasteiger charge is -2.37. The molecule has 0 aliphatic carbocycles. The maximum atomic E-state index is 10.7. The molecule has 0 spiro atoms. The summed E-state index contributed by atoms with van der Waals surface area (Å²) in [5.41, 5.74) is 3.34. The van der Waals surface area contributed by atoms with Gasteiger partial charge in [0, 0.05) is 0 Å². The molecule has 0 amide bonds. The number of aliphatic hydroxyl groups excluding tert-OH is 2. The van der Waals surface area contributed by atoms with E-state index in [0.717, 1.165) is 16.7 Å². The van der Waals surface area contributed by atoms with Crippen LogP contribution in [0.15, 0.2) is 104 Å². The van der Waals surface area contributed by atoms with Crippen LogP contribution in [0.4, 0.5) is 5.82 Å². The van der Waals surface area contributed by atoms with Crippen LogP contribution >= 0.6 is 0 Å². The first kappa shape index (κ1) is 24.2. The topological polar surface area (TPSA) is 105 Å². The predicted octanol–water partition coefficient (Wildman–Crippen LogP) is 4.26. The number of aliphatic hydroxyl groups is 2. The van der Waals surface area contributed by atoms with Gasteiger partial charge in [-0.05, 0) is 23.1 Å². The minimum Gasteiger partial charge on any atom is -0.388 e. The van der Waals surface area contributed by atoms with Crippen molar-refractivity contribution in [3.8, 4) is 0 Å². The van der Waals surface area contributed by atoms with E-state index in [1.54, 1.807) is 10.9 Å². The van der Waals surface area contributed by atoms with Crippen LogP contribution in [0.5, 0.6) is 0 Å². The molecule has 192 valence electrons. The van der Waals surface area contributed by atoms with E-state index in [1.165, 1.54) is 6.33 Å². The van der Waals surface area contributed by atoms with Crippen LogP contribution < -0.4 is 5.32 Å². The van der Waals surface area contributed by atoms with Crippen molar-refractivity contribution in [2.75, 3.05) is 5.32 Å². The van der Waals surface area contributed by atoms with Crippen LogP contribution in [0.25, 0.3) is 11.2 Å². The molecule has 6 rings (SSSR count). The van der Waals surface area contributed by atoms with Gasteiger partial charge in [-0.3, -0.25) is 4.57 Å². The van der Waals surface area contributed by atoms with Crippen LogP contribution in [0.1, 0.15) is 36.3 Å². The average molecular weight is 508 g/mol. The Morgan fingerprint density at radius 1 is 0.789 bits per heavy atom. The van der Waals surface area contributed by atoms with Crippen molar-refractivity contribution >= 4 is 17.0 Å². The van der Waals surface area contributed by atoms with Gasteiger partial charge in [0.1, 0.15) is 24.1 Å². The van der Waals surface area contributed by atoms with Crippen molar-refractivity contribution < 1.29 is 14.9 Å². The number of rotatable bonds is 7. The van der Waals surface area contributed by atoms with Gasteiger partial charge in [-0.1, -0.05) is 97.9 Å². The molecule has 8 heteroatoms. The van der Waals surface area contributed by atoms with E-state index < -0.39 is 30.1 Å². The molecule has 2 aromatic heterocycles. The molecule has 1 aliphatic heterocycles. The molecule has 1 unspecified atom stereocenters. The molecule has 38 heavy (non-hydrogen) atoms. The zero-order chi connectivity index (χ0) is 26.1. The fourth-order valence-corrected chi connectivity index (χ4v) is 5.38. The largest absolute Gasteiger partial charge is 0.388 e. The third-order valence-corrected chi connectivity index (χ3v) is 7.30. The molecular weight excluding hydrogens is 478 g/mol. The fraction of sp³-hybridized carbons (Fsp3) is 0.233. The number of nitrogens with one attached hydrogen (secondary N) is 1. The Labute approximate surface area is 220 Å². The van der Waals surface area contributed by atoms with Gasteiger partial charge in [0.15, 0.2) is 23.2 Å². The molecule has 0 saturated carbocycles. The van der Waals surface area contributed by atoms with E-state index in [-0.39, 0.29) is 0 Å². The summed E-state index contributed by atoms with van der Waals surface area (Å²) in [5, 5.41) is 24.9. The summed E-state index contributed by atoms with van der Waals surface area (Å²) in [6.45, 7) is 1.91. The maximum Gasteiger partial charge on any atom is 0.167 e. The lowest BCUT2D eigenvalue weighted by molar-refractivity contribution is -0.0355. The SMILES string of the molecule is CC[C@H]1O[C@@H](n2cnc3c(NC(c4ccccc4)(c4ccccc4)c4ccccc4)ncnc32)[C@@H](O)C1O. The summed E-state index contributed by atoms with van der Waals surface area (Å²) in [6, 6.07) is 30.7. The number of anilines is 1. The lowest BCUT2D eigenvalue weighted by Crippen LogP contribution is -2.38. The summed E-state index contributed by atoms with van der Waals surface area (Å²) >= 11 is 0. The predicted molar refractivity (Wildman–Crippen MR) is 144 cm³/mol. The van der Waals surface area contributed by atoms with Crippen molar-refractivity contribution in [1.29, 1.82) is 0 Å². The maximum absolute atomic E-state index is 10.7. The van der Waals surface area contributed by atoms with Gasteiger partial charge in [-0.15, -0.1) is 0 Å². The Bertz CT molecular complexity index is 1410. The third kappa shape index (κ3) is 3.94. The van der Waals surface area contributed by atoms with Crippen LogP contribution in [0, 0.1) is 0 Å². The number of benzene rings is 3. The van der Waals surface area contributed by atoms with Gasteiger partial charge < -0.3 is 20.3 Å². The molecule has 1 fully saturated rings. The van der Waals surface area contributed by atoms with Crippen molar-refractivity contribution in [3.05, 3.63) is 120 Å². The third-order valence-electron chi connectivity index (χ3n) is 7.30. The van der Waals surface area contributed by atoms with Crippen molar-refractivity contribution in [1.82, 2.24) is 19.5 Å². The molecule has 1 aliphatic rings. The number of nitrogens with zero attached hydrogens (tertiary/aromatic N) is 4. The molecule has 3 N–H and O–H groups in total. The molecular formula is C30H29N5O3. The van der Waals surface area contributed by atoms with Gasteiger partial charge >= 0.3 is 0 Å². The Hall–Kier alpha value is -4.11. The number of hydrogen-bond donors (Lipinski definition) is 3. The van der Waals surface area contributed by atoms with E-state index >= 15 is 0 Å². The second-order valence-corrected chi connectivity index (χ2v) is 9.47. The first-order valence-corrected chi connectivity index (χ1v) is 12.8. The summed E-state index contributed by atoms with van der Waals surface area (Å²) in [4.78, 5) is 13.7. The van der Waals surface area contributed by atoms with Crippen molar-refractivity contribution in [3.63, 3.8) is 0 Å². The molecule has 0 radical (unpaired) electrons.